The van der Waals surface area contributed by atoms with Crippen LogP contribution in [0.1, 0.15) is 23.6 Å². The smallest absolute Gasteiger partial charge is 0.0515 e. The molecule has 0 N–H and O–H groups in total. The van der Waals surface area contributed by atoms with Crippen molar-refractivity contribution in [1.29, 1.82) is 0 Å². The van der Waals surface area contributed by atoms with E-state index in [2.05, 4.69) is 73.1 Å². The first kappa shape index (κ1) is 12.0. The number of para-hydroxylation sites is 1. The lowest BCUT2D eigenvalue weighted by atomic mass is 10.1. The highest BCUT2D eigenvalue weighted by atomic mass is 15.0. The Bertz CT molecular complexity index is 707. The maximum Gasteiger partial charge on any atom is 0.0515 e. The fraction of sp³-hybridized carbons (Fsp3) is 0.222. The van der Waals surface area contributed by atoms with E-state index in [1.165, 1.54) is 27.6 Å². The normalized spacial score (nSPS) is 11.1. The highest BCUT2D eigenvalue weighted by molar-refractivity contribution is 5.83. The first-order valence-corrected chi connectivity index (χ1v) is 6.90. The maximum absolute atomic E-state index is 2.36. The van der Waals surface area contributed by atoms with Crippen molar-refractivity contribution >= 4 is 10.9 Å². The van der Waals surface area contributed by atoms with Crippen LogP contribution in [0.25, 0.3) is 10.9 Å². The van der Waals surface area contributed by atoms with Gasteiger partial charge in [0.05, 0.1) is 5.52 Å². The standard InChI is InChI=1S/C18H19N/c1-3-16-8-5-9-17-10-11-19(18(16)17)13-15-7-4-6-14(2)12-15/h4-12H,3,13H2,1-2H3. The molecular formula is C18H19N. The summed E-state index contributed by atoms with van der Waals surface area (Å²) in [5, 5.41) is 1.34. The van der Waals surface area contributed by atoms with Crippen LogP contribution in [0.15, 0.2) is 54.7 Å². The molecule has 0 atom stereocenters. The Labute approximate surface area is 114 Å². The van der Waals surface area contributed by atoms with E-state index in [0.717, 1.165) is 13.0 Å². The van der Waals surface area contributed by atoms with Crippen molar-refractivity contribution in [3.63, 3.8) is 0 Å². The number of hydrogen-bond donors (Lipinski definition) is 0. The number of aromatic nitrogens is 1. The zero-order chi connectivity index (χ0) is 13.2. The van der Waals surface area contributed by atoms with Crippen LogP contribution in [0.4, 0.5) is 0 Å². The first-order valence-electron chi connectivity index (χ1n) is 6.90. The van der Waals surface area contributed by atoms with E-state index in [1.54, 1.807) is 0 Å². The molecule has 3 rings (SSSR count). The van der Waals surface area contributed by atoms with Crippen molar-refractivity contribution < 1.29 is 0 Å². The minimum atomic E-state index is 0.947. The molecule has 0 bridgehead atoms. The highest BCUT2D eigenvalue weighted by Gasteiger charge is 2.05. The molecule has 1 heterocycles. The van der Waals surface area contributed by atoms with Gasteiger partial charge in [-0.05, 0) is 35.9 Å². The van der Waals surface area contributed by atoms with Gasteiger partial charge < -0.3 is 4.57 Å². The SMILES string of the molecule is CCc1cccc2ccn(Cc3cccc(C)c3)c12. The van der Waals surface area contributed by atoms with Crippen molar-refractivity contribution in [2.75, 3.05) is 0 Å². The van der Waals surface area contributed by atoms with Gasteiger partial charge in [0.1, 0.15) is 0 Å². The van der Waals surface area contributed by atoms with Crippen LogP contribution < -0.4 is 0 Å². The topological polar surface area (TPSA) is 4.93 Å². The third kappa shape index (κ3) is 2.28. The van der Waals surface area contributed by atoms with E-state index in [9.17, 15) is 0 Å². The Morgan fingerprint density at radius 1 is 1.00 bits per heavy atom. The van der Waals surface area contributed by atoms with E-state index in [0.29, 0.717) is 0 Å². The minimum absolute atomic E-state index is 0.947. The summed E-state index contributed by atoms with van der Waals surface area (Å²) in [4.78, 5) is 0. The summed E-state index contributed by atoms with van der Waals surface area (Å²) >= 11 is 0. The lowest BCUT2D eigenvalue weighted by Gasteiger charge is -2.09. The summed E-state index contributed by atoms with van der Waals surface area (Å²) in [5.74, 6) is 0. The van der Waals surface area contributed by atoms with Gasteiger partial charge in [-0.3, -0.25) is 0 Å². The Morgan fingerprint density at radius 2 is 1.84 bits per heavy atom. The van der Waals surface area contributed by atoms with Crippen LogP contribution in [0.3, 0.4) is 0 Å². The van der Waals surface area contributed by atoms with Gasteiger partial charge >= 0.3 is 0 Å². The largest absolute Gasteiger partial charge is 0.343 e. The lowest BCUT2D eigenvalue weighted by molar-refractivity contribution is 0.830. The quantitative estimate of drug-likeness (QED) is 0.641. The van der Waals surface area contributed by atoms with E-state index in [4.69, 9.17) is 0 Å². The van der Waals surface area contributed by atoms with E-state index < -0.39 is 0 Å². The highest BCUT2D eigenvalue weighted by Crippen LogP contribution is 2.22. The molecule has 0 radical (unpaired) electrons. The number of rotatable bonds is 3. The van der Waals surface area contributed by atoms with Gasteiger partial charge in [0.15, 0.2) is 0 Å². The third-order valence-corrected chi connectivity index (χ3v) is 3.69. The molecule has 0 fully saturated rings. The molecule has 1 heteroatoms. The molecule has 19 heavy (non-hydrogen) atoms. The summed E-state index contributed by atoms with van der Waals surface area (Å²) < 4.78 is 2.36. The second-order valence-electron chi connectivity index (χ2n) is 5.14. The number of benzene rings is 2. The average Bonchev–Trinajstić information content (AvgIpc) is 2.82. The van der Waals surface area contributed by atoms with E-state index in [-0.39, 0.29) is 0 Å². The van der Waals surface area contributed by atoms with Crippen LogP contribution in [0.2, 0.25) is 0 Å². The summed E-state index contributed by atoms with van der Waals surface area (Å²) in [6.45, 7) is 5.32. The van der Waals surface area contributed by atoms with Gasteiger partial charge in [-0.25, -0.2) is 0 Å². The molecule has 0 amide bonds. The Morgan fingerprint density at radius 3 is 2.63 bits per heavy atom. The average molecular weight is 249 g/mol. The number of aryl methyl sites for hydroxylation is 2. The van der Waals surface area contributed by atoms with Gasteiger partial charge in [-0.1, -0.05) is 55.0 Å². The molecule has 0 aliphatic rings. The molecule has 3 aromatic rings. The molecule has 0 saturated carbocycles. The first-order chi connectivity index (χ1) is 9.28. The van der Waals surface area contributed by atoms with Crippen molar-refractivity contribution in [1.82, 2.24) is 4.57 Å². The molecule has 1 aromatic heterocycles. The van der Waals surface area contributed by atoms with Gasteiger partial charge in [-0.15, -0.1) is 0 Å². The Kier molecular flexibility index (Phi) is 3.12. The monoisotopic (exact) mass is 249 g/mol. The molecular weight excluding hydrogens is 230 g/mol. The molecule has 0 unspecified atom stereocenters. The summed E-state index contributed by atoms with van der Waals surface area (Å²) in [7, 11) is 0. The minimum Gasteiger partial charge on any atom is -0.343 e. The molecule has 0 aliphatic carbocycles. The molecule has 2 aromatic carbocycles. The van der Waals surface area contributed by atoms with Crippen LogP contribution in [-0.2, 0) is 13.0 Å². The van der Waals surface area contributed by atoms with Crippen molar-refractivity contribution in [2.24, 2.45) is 0 Å². The second kappa shape index (κ2) is 4.93. The van der Waals surface area contributed by atoms with Crippen LogP contribution in [0, 0.1) is 6.92 Å². The van der Waals surface area contributed by atoms with E-state index >= 15 is 0 Å². The summed E-state index contributed by atoms with van der Waals surface area (Å²) in [6.07, 6.45) is 3.28. The second-order valence-corrected chi connectivity index (χ2v) is 5.14. The third-order valence-electron chi connectivity index (χ3n) is 3.69. The predicted molar refractivity (Wildman–Crippen MR) is 81.6 cm³/mol. The fourth-order valence-corrected chi connectivity index (χ4v) is 2.77. The van der Waals surface area contributed by atoms with Gasteiger partial charge in [0, 0.05) is 12.7 Å². The van der Waals surface area contributed by atoms with Crippen LogP contribution in [0.5, 0.6) is 0 Å². The van der Waals surface area contributed by atoms with Crippen LogP contribution >= 0.6 is 0 Å². The number of hydrogen-bond acceptors (Lipinski definition) is 0. The summed E-state index contributed by atoms with van der Waals surface area (Å²) in [5.41, 5.74) is 5.50. The summed E-state index contributed by atoms with van der Waals surface area (Å²) in [6, 6.07) is 17.5. The number of nitrogens with zero attached hydrogens (tertiary/aromatic N) is 1. The molecule has 0 spiro atoms. The number of fused-ring (bicyclic) bond motifs is 1. The van der Waals surface area contributed by atoms with Gasteiger partial charge in [-0.2, -0.15) is 0 Å². The van der Waals surface area contributed by atoms with Crippen molar-refractivity contribution in [3.8, 4) is 0 Å². The van der Waals surface area contributed by atoms with E-state index in [1.807, 2.05) is 0 Å². The zero-order valence-electron chi connectivity index (χ0n) is 11.6. The van der Waals surface area contributed by atoms with Crippen molar-refractivity contribution in [3.05, 3.63) is 71.4 Å². The maximum atomic E-state index is 2.36. The zero-order valence-corrected chi connectivity index (χ0v) is 11.6. The van der Waals surface area contributed by atoms with Gasteiger partial charge in [0.2, 0.25) is 0 Å². The Hall–Kier alpha value is -2.02. The molecule has 0 aliphatic heterocycles. The lowest BCUT2D eigenvalue weighted by Crippen LogP contribution is -2.00. The molecule has 1 nitrogen and oxygen atoms in total. The molecule has 0 saturated heterocycles. The van der Waals surface area contributed by atoms with Crippen LogP contribution in [-0.4, -0.2) is 4.57 Å². The van der Waals surface area contributed by atoms with Crippen molar-refractivity contribution in [2.45, 2.75) is 26.8 Å². The fourth-order valence-electron chi connectivity index (χ4n) is 2.77. The predicted octanol–water partition coefficient (Wildman–Crippen LogP) is 4.56. The van der Waals surface area contributed by atoms with Gasteiger partial charge in [0.25, 0.3) is 0 Å². The Balaban J connectivity index is 2.06. The molecule has 96 valence electrons.